The first-order valence-electron chi connectivity index (χ1n) is 5.64. The van der Waals surface area contributed by atoms with Crippen molar-refractivity contribution in [2.24, 2.45) is 10.9 Å². The van der Waals surface area contributed by atoms with Crippen LogP contribution in [0.2, 0.25) is 0 Å². The summed E-state index contributed by atoms with van der Waals surface area (Å²) in [5.74, 6) is 5.44. The fraction of sp³-hybridized carbons (Fsp3) is 0.0667. The number of hydrazone groups is 1. The van der Waals surface area contributed by atoms with Gasteiger partial charge in [-0.3, -0.25) is 0 Å². The molecule has 0 amide bonds. The third-order valence-corrected chi connectivity index (χ3v) is 2.72. The Balaban J connectivity index is 2.19. The van der Waals surface area contributed by atoms with Crippen molar-refractivity contribution >= 4 is 5.71 Å². The van der Waals surface area contributed by atoms with Crippen molar-refractivity contribution in [1.29, 1.82) is 5.26 Å². The van der Waals surface area contributed by atoms with Gasteiger partial charge in [0.2, 0.25) is 0 Å². The molecule has 3 heteroatoms. The highest BCUT2D eigenvalue weighted by atomic mass is 15.1. The van der Waals surface area contributed by atoms with E-state index in [-0.39, 0.29) is 0 Å². The second-order valence-corrected chi connectivity index (χ2v) is 3.93. The first-order valence-corrected chi connectivity index (χ1v) is 5.64. The molecule has 0 saturated carbocycles. The van der Waals surface area contributed by atoms with Crippen molar-refractivity contribution in [3.05, 3.63) is 71.3 Å². The van der Waals surface area contributed by atoms with Crippen LogP contribution in [0.1, 0.15) is 16.7 Å². The smallest absolute Gasteiger partial charge is 0.0991 e. The Morgan fingerprint density at radius 3 is 2.28 bits per heavy atom. The van der Waals surface area contributed by atoms with Crippen LogP contribution in [0.3, 0.4) is 0 Å². The summed E-state index contributed by atoms with van der Waals surface area (Å²) in [5.41, 5.74) is 3.59. The molecule has 18 heavy (non-hydrogen) atoms. The fourth-order valence-corrected chi connectivity index (χ4v) is 1.74. The number of nitrogens with zero attached hydrogens (tertiary/aromatic N) is 2. The molecule has 88 valence electrons. The number of nitrogens with two attached hydrogens (primary N) is 1. The standard InChI is InChI=1S/C15H13N3/c16-11-13-8-6-12(7-9-13)10-15(18-17)14-4-2-1-3-5-14/h1-9H,10,17H2. The second-order valence-electron chi connectivity index (χ2n) is 3.93. The average Bonchev–Trinajstić information content (AvgIpc) is 2.46. The van der Waals surface area contributed by atoms with Crippen LogP contribution >= 0.6 is 0 Å². The zero-order valence-corrected chi connectivity index (χ0v) is 9.88. The van der Waals surface area contributed by atoms with E-state index < -0.39 is 0 Å². The molecule has 0 aromatic heterocycles. The molecule has 0 fully saturated rings. The van der Waals surface area contributed by atoms with E-state index in [1.165, 1.54) is 0 Å². The van der Waals surface area contributed by atoms with E-state index in [9.17, 15) is 0 Å². The summed E-state index contributed by atoms with van der Waals surface area (Å²) in [6, 6.07) is 19.4. The lowest BCUT2D eigenvalue weighted by Crippen LogP contribution is -2.08. The number of nitriles is 1. The molecule has 2 N–H and O–H groups in total. The molecule has 0 radical (unpaired) electrons. The molecule has 0 aliphatic heterocycles. The van der Waals surface area contributed by atoms with E-state index >= 15 is 0 Å². The lowest BCUT2D eigenvalue weighted by molar-refractivity contribution is 1.19. The molecule has 0 aliphatic rings. The molecule has 2 aromatic rings. The van der Waals surface area contributed by atoms with Crippen LogP contribution in [-0.2, 0) is 6.42 Å². The van der Waals surface area contributed by atoms with E-state index in [1.54, 1.807) is 12.1 Å². The highest BCUT2D eigenvalue weighted by Gasteiger charge is 2.04. The van der Waals surface area contributed by atoms with E-state index in [1.807, 2.05) is 42.5 Å². The summed E-state index contributed by atoms with van der Waals surface area (Å²) in [5, 5.41) is 12.6. The van der Waals surface area contributed by atoms with E-state index in [0.717, 1.165) is 16.8 Å². The van der Waals surface area contributed by atoms with Crippen LogP contribution in [0, 0.1) is 11.3 Å². The predicted molar refractivity (Wildman–Crippen MR) is 72.0 cm³/mol. The van der Waals surface area contributed by atoms with E-state index in [4.69, 9.17) is 11.1 Å². The molecule has 0 unspecified atom stereocenters. The average molecular weight is 235 g/mol. The van der Waals surface area contributed by atoms with Gasteiger partial charge in [0.05, 0.1) is 17.3 Å². The van der Waals surface area contributed by atoms with Crippen LogP contribution in [0.15, 0.2) is 59.7 Å². The molecular formula is C15H13N3. The zero-order chi connectivity index (χ0) is 12.8. The summed E-state index contributed by atoms with van der Waals surface area (Å²) >= 11 is 0. The minimum Gasteiger partial charge on any atom is -0.323 e. The minimum absolute atomic E-state index is 0.657. The molecule has 0 heterocycles. The quantitative estimate of drug-likeness (QED) is 0.504. The largest absolute Gasteiger partial charge is 0.323 e. The van der Waals surface area contributed by atoms with Crippen molar-refractivity contribution in [3.63, 3.8) is 0 Å². The summed E-state index contributed by atoms with van der Waals surface area (Å²) < 4.78 is 0. The van der Waals surface area contributed by atoms with Crippen LogP contribution in [0.4, 0.5) is 0 Å². The Kier molecular flexibility index (Phi) is 3.72. The van der Waals surface area contributed by atoms with Gasteiger partial charge in [-0.05, 0) is 23.3 Å². The summed E-state index contributed by atoms with van der Waals surface area (Å²) in [4.78, 5) is 0. The van der Waals surface area contributed by atoms with Gasteiger partial charge in [0, 0.05) is 6.42 Å². The lowest BCUT2D eigenvalue weighted by atomic mass is 10.0. The number of hydrogen-bond acceptors (Lipinski definition) is 3. The molecular weight excluding hydrogens is 222 g/mol. The van der Waals surface area contributed by atoms with Crippen molar-refractivity contribution in [2.45, 2.75) is 6.42 Å². The minimum atomic E-state index is 0.657. The molecule has 0 aliphatic carbocycles. The predicted octanol–water partition coefficient (Wildman–Crippen LogP) is 2.46. The van der Waals surface area contributed by atoms with Crippen LogP contribution in [0.25, 0.3) is 0 Å². The Bertz CT molecular complexity index is 577. The van der Waals surface area contributed by atoms with E-state index in [0.29, 0.717) is 12.0 Å². The van der Waals surface area contributed by atoms with Gasteiger partial charge in [-0.1, -0.05) is 42.5 Å². The normalized spacial score (nSPS) is 10.9. The molecule has 0 saturated heterocycles. The summed E-state index contributed by atoms with van der Waals surface area (Å²) in [6.45, 7) is 0. The third kappa shape index (κ3) is 2.74. The molecule has 2 rings (SSSR count). The van der Waals surface area contributed by atoms with Gasteiger partial charge in [0.1, 0.15) is 0 Å². The summed E-state index contributed by atoms with van der Waals surface area (Å²) in [6.07, 6.45) is 0.659. The van der Waals surface area contributed by atoms with Gasteiger partial charge < -0.3 is 5.84 Å². The molecule has 3 nitrogen and oxygen atoms in total. The SMILES string of the molecule is N#Cc1ccc(CC(=NN)c2ccccc2)cc1. The van der Waals surface area contributed by atoms with Crippen molar-refractivity contribution in [1.82, 2.24) is 0 Å². The Morgan fingerprint density at radius 1 is 1.06 bits per heavy atom. The Hall–Kier alpha value is -2.60. The van der Waals surface area contributed by atoms with E-state index in [2.05, 4.69) is 11.2 Å². The second kappa shape index (κ2) is 5.65. The fourth-order valence-electron chi connectivity index (χ4n) is 1.74. The number of hydrogen-bond donors (Lipinski definition) is 1. The summed E-state index contributed by atoms with van der Waals surface area (Å²) in [7, 11) is 0. The van der Waals surface area contributed by atoms with Gasteiger partial charge >= 0.3 is 0 Å². The third-order valence-electron chi connectivity index (χ3n) is 2.72. The number of rotatable bonds is 3. The first-order chi connectivity index (χ1) is 8.83. The lowest BCUT2D eigenvalue weighted by Gasteiger charge is -2.05. The molecule has 0 atom stereocenters. The van der Waals surface area contributed by atoms with Crippen LogP contribution in [-0.4, -0.2) is 5.71 Å². The molecule has 2 aromatic carbocycles. The van der Waals surface area contributed by atoms with Gasteiger partial charge in [-0.15, -0.1) is 0 Å². The van der Waals surface area contributed by atoms with Crippen molar-refractivity contribution in [2.75, 3.05) is 0 Å². The zero-order valence-electron chi connectivity index (χ0n) is 9.88. The van der Waals surface area contributed by atoms with Gasteiger partial charge in [0.15, 0.2) is 0 Å². The maximum absolute atomic E-state index is 8.74. The Morgan fingerprint density at radius 2 is 1.72 bits per heavy atom. The molecule has 0 spiro atoms. The van der Waals surface area contributed by atoms with Gasteiger partial charge in [-0.2, -0.15) is 10.4 Å². The molecule has 0 bridgehead atoms. The number of benzene rings is 2. The first kappa shape index (κ1) is 11.9. The van der Waals surface area contributed by atoms with Crippen LogP contribution in [0.5, 0.6) is 0 Å². The monoisotopic (exact) mass is 235 g/mol. The topological polar surface area (TPSA) is 62.2 Å². The van der Waals surface area contributed by atoms with Crippen LogP contribution < -0.4 is 5.84 Å². The Labute approximate surface area is 106 Å². The maximum atomic E-state index is 8.74. The highest BCUT2D eigenvalue weighted by molar-refractivity contribution is 6.01. The maximum Gasteiger partial charge on any atom is 0.0991 e. The highest BCUT2D eigenvalue weighted by Crippen LogP contribution is 2.09. The van der Waals surface area contributed by atoms with Gasteiger partial charge in [-0.25, -0.2) is 0 Å². The van der Waals surface area contributed by atoms with Crippen molar-refractivity contribution in [3.8, 4) is 6.07 Å². The van der Waals surface area contributed by atoms with Crippen molar-refractivity contribution < 1.29 is 0 Å². The van der Waals surface area contributed by atoms with Gasteiger partial charge in [0.25, 0.3) is 0 Å².